The molecule has 1 unspecified atom stereocenters. The highest BCUT2D eigenvalue weighted by molar-refractivity contribution is 7.12. The fourth-order valence-electron chi connectivity index (χ4n) is 1.54. The van der Waals surface area contributed by atoms with Crippen LogP contribution in [0.3, 0.4) is 0 Å². The molecular formula is C13H18O2S. The first kappa shape index (κ1) is 13.1. The van der Waals surface area contributed by atoms with E-state index < -0.39 is 5.92 Å². The molecule has 0 aromatic carbocycles. The van der Waals surface area contributed by atoms with Gasteiger partial charge in [0.25, 0.3) is 0 Å². The number of ketones is 2. The Morgan fingerprint density at radius 2 is 2.12 bits per heavy atom. The van der Waals surface area contributed by atoms with Crippen LogP contribution in [-0.4, -0.2) is 11.6 Å². The molecule has 88 valence electrons. The van der Waals surface area contributed by atoms with Crippen LogP contribution in [0, 0.1) is 5.92 Å². The molecule has 0 bridgehead atoms. The highest BCUT2D eigenvalue weighted by Gasteiger charge is 2.22. The normalized spacial score (nSPS) is 12.4. The monoisotopic (exact) mass is 238 g/mol. The number of hydrogen-bond acceptors (Lipinski definition) is 3. The largest absolute Gasteiger partial charge is 0.299 e. The minimum absolute atomic E-state index is 0.0310. The third kappa shape index (κ3) is 3.56. The molecule has 0 saturated heterocycles. The molecule has 1 aromatic rings. The van der Waals surface area contributed by atoms with E-state index in [1.807, 2.05) is 11.4 Å². The Morgan fingerprint density at radius 1 is 1.38 bits per heavy atom. The molecule has 0 fully saturated rings. The average Bonchev–Trinajstić information content (AvgIpc) is 2.80. The molecule has 0 spiro atoms. The lowest BCUT2D eigenvalue weighted by Gasteiger charge is -2.07. The van der Waals surface area contributed by atoms with Crippen molar-refractivity contribution in [3.8, 4) is 0 Å². The number of Topliss-reactive ketones (excluding diaryl/α,β-unsaturated/α-hetero) is 2. The molecule has 3 heteroatoms. The van der Waals surface area contributed by atoms with E-state index >= 15 is 0 Å². The van der Waals surface area contributed by atoms with Gasteiger partial charge in [-0.2, -0.15) is 0 Å². The van der Waals surface area contributed by atoms with Crippen molar-refractivity contribution >= 4 is 22.9 Å². The Labute approximate surface area is 101 Å². The summed E-state index contributed by atoms with van der Waals surface area (Å²) in [4.78, 5) is 24.3. The number of rotatable bonds is 7. The number of carbonyl (C=O) groups is 2. The van der Waals surface area contributed by atoms with E-state index in [1.54, 1.807) is 13.0 Å². The van der Waals surface area contributed by atoms with Gasteiger partial charge in [-0.25, -0.2) is 0 Å². The summed E-state index contributed by atoms with van der Waals surface area (Å²) < 4.78 is 0. The molecule has 1 aromatic heterocycles. The summed E-state index contributed by atoms with van der Waals surface area (Å²) in [6, 6.07) is 3.62. The first-order chi connectivity index (χ1) is 7.66. The molecule has 0 aliphatic heterocycles. The fraction of sp³-hybridized carbons (Fsp3) is 0.538. The van der Waals surface area contributed by atoms with Crippen molar-refractivity contribution in [1.82, 2.24) is 0 Å². The molecule has 0 saturated carbocycles. The zero-order valence-electron chi connectivity index (χ0n) is 9.86. The van der Waals surface area contributed by atoms with Gasteiger partial charge in [0.2, 0.25) is 0 Å². The highest BCUT2D eigenvalue weighted by atomic mass is 32.1. The van der Waals surface area contributed by atoms with Crippen LogP contribution in [0.15, 0.2) is 17.5 Å². The zero-order chi connectivity index (χ0) is 12.0. The van der Waals surface area contributed by atoms with Crippen LogP contribution in [0.2, 0.25) is 0 Å². The van der Waals surface area contributed by atoms with Gasteiger partial charge in [-0.05, 0) is 24.8 Å². The van der Waals surface area contributed by atoms with Crippen molar-refractivity contribution in [3.05, 3.63) is 22.4 Å². The van der Waals surface area contributed by atoms with Crippen molar-refractivity contribution < 1.29 is 9.59 Å². The second-order valence-corrected chi connectivity index (χ2v) is 4.93. The smallest absolute Gasteiger partial charge is 0.182 e. The maximum atomic E-state index is 11.9. The standard InChI is InChI=1S/C13H18O2S/c1-3-4-5-7-11(14)10(2)13(15)12-8-6-9-16-12/h6,8-10H,3-5,7H2,1-2H3. The van der Waals surface area contributed by atoms with E-state index in [2.05, 4.69) is 6.92 Å². The van der Waals surface area contributed by atoms with E-state index in [1.165, 1.54) is 11.3 Å². The maximum Gasteiger partial charge on any atom is 0.182 e. The summed E-state index contributed by atoms with van der Waals surface area (Å²) in [6.45, 7) is 3.82. The summed E-state index contributed by atoms with van der Waals surface area (Å²) in [5.41, 5.74) is 0. The van der Waals surface area contributed by atoms with Crippen molar-refractivity contribution in [1.29, 1.82) is 0 Å². The Balaban J connectivity index is 2.47. The number of carbonyl (C=O) groups excluding carboxylic acids is 2. The first-order valence-electron chi connectivity index (χ1n) is 5.77. The van der Waals surface area contributed by atoms with Gasteiger partial charge in [0.15, 0.2) is 5.78 Å². The molecule has 0 amide bonds. The lowest BCUT2D eigenvalue weighted by Crippen LogP contribution is -2.20. The molecule has 1 atom stereocenters. The lowest BCUT2D eigenvalue weighted by molar-refractivity contribution is -0.121. The van der Waals surface area contributed by atoms with Crippen LogP contribution >= 0.6 is 11.3 Å². The summed E-state index contributed by atoms with van der Waals surface area (Å²) in [7, 11) is 0. The summed E-state index contributed by atoms with van der Waals surface area (Å²) in [6.07, 6.45) is 3.59. The van der Waals surface area contributed by atoms with Crippen molar-refractivity contribution in [2.75, 3.05) is 0 Å². The lowest BCUT2D eigenvalue weighted by atomic mass is 9.96. The third-order valence-corrected chi connectivity index (χ3v) is 3.55. The van der Waals surface area contributed by atoms with Crippen LogP contribution in [0.1, 0.15) is 49.2 Å². The van der Waals surface area contributed by atoms with Gasteiger partial charge in [-0.15, -0.1) is 11.3 Å². The van der Waals surface area contributed by atoms with Gasteiger partial charge in [0.1, 0.15) is 5.78 Å². The van der Waals surface area contributed by atoms with Crippen molar-refractivity contribution in [2.45, 2.75) is 39.5 Å². The highest BCUT2D eigenvalue weighted by Crippen LogP contribution is 2.17. The molecule has 1 rings (SSSR count). The van der Waals surface area contributed by atoms with Crippen LogP contribution < -0.4 is 0 Å². The van der Waals surface area contributed by atoms with Gasteiger partial charge < -0.3 is 0 Å². The molecular weight excluding hydrogens is 220 g/mol. The molecule has 2 nitrogen and oxygen atoms in total. The van der Waals surface area contributed by atoms with Crippen molar-refractivity contribution in [2.24, 2.45) is 5.92 Å². The van der Waals surface area contributed by atoms with Gasteiger partial charge >= 0.3 is 0 Å². The van der Waals surface area contributed by atoms with Gasteiger partial charge in [0.05, 0.1) is 10.8 Å². The van der Waals surface area contributed by atoms with Gasteiger partial charge in [-0.1, -0.05) is 25.8 Å². The van der Waals surface area contributed by atoms with Gasteiger partial charge in [0, 0.05) is 6.42 Å². The van der Waals surface area contributed by atoms with E-state index in [-0.39, 0.29) is 11.6 Å². The van der Waals surface area contributed by atoms with Crippen LogP contribution in [-0.2, 0) is 4.79 Å². The second-order valence-electron chi connectivity index (χ2n) is 3.99. The zero-order valence-corrected chi connectivity index (χ0v) is 10.7. The predicted molar refractivity (Wildman–Crippen MR) is 67.0 cm³/mol. The van der Waals surface area contributed by atoms with Crippen LogP contribution in [0.5, 0.6) is 0 Å². The van der Waals surface area contributed by atoms with Crippen LogP contribution in [0.4, 0.5) is 0 Å². The van der Waals surface area contributed by atoms with Gasteiger partial charge in [-0.3, -0.25) is 9.59 Å². The second kappa shape index (κ2) is 6.59. The molecule has 1 heterocycles. The van der Waals surface area contributed by atoms with Crippen molar-refractivity contribution in [3.63, 3.8) is 0 Å². The average molecular weight is 238 g/mol. The minimum atomic E-state index is -0.476. The topological polar surface area (TPSA) is 34.1 Å². The predicted octanol–water partition coefficient (Wildman–Crippen LogP) is 3.72. The number of thiophene rings is 1. The Hall–Kier alpha value is -0.960. The Morgan fingerprint density at radius 3 is 2.69 bits per heavy atom. The summed E-state index contributed by atoms with van der Waals surface area (Å²) >= 11 is 1.40. The molecule has 0 aliphatic rings. The Bertz CT molecular complexity index is 341. The fourth-order valence-corrected chi connectivity index (χ4v) is 2.30. The number of hydrogen-bond donors (Lipinski definition) is 0. The summed E-state index contributed by atoms with van der Waals surface area (Å²) in [5.74, 6) is -0.432. The first-order valence-corrected chi connectivity index (χ1v) is 6.65. The SMILES string of the molecule is CCCCCC(=O)C(C)C(=O)c1cccs1. The van der Waals surface area contributed by atoms with E-state index in [0.717, 1.165) is 19.3 Å². The quantitative estimate of drug-likeness (QED) is 0.412. The minimum Gasteiger partial charge on any atom is -0.299 e. The van der Waals surface area contributed by atoms with Crippen LogP contribution in [0.25, 0.3) is 0 Å². The molecule has 16 heavy (non-hydrogen) atoms. The third-order valence-electron chi connectivity index (χ3n) is 2.67. The number of unbranched alkanes of at least 4 members (excludes halogenated alkanes) is 2. The molecule has 0 N–H and O–H groups in total. The molecule has 0 aliphatic carbocycles. The molecule has 0 radical (unpaired) electrons. The van der Waals surface area contributed by atoms with E-state index in [4.69, 9.17) is 0 Å². The maximum absolute atomic E-state index is 11.9. The van der Waals surface area contributed by atoms with E-state index in [0.29, 0.717) is 11.3 Å². The Kier molecular flexibility index (Phi) is 5.39. The summed E-state index contributed by atoms with van der Waals surface area (Å²) in [5, 5.41) is 1.86. The van der Waals surface area contributed by atoms with E-state index in [9.17, 15) is 9.59 Å².